The molecular weight excluding hydrogens is 184 g/mol. The highest BCUT2D eigenvalue weighted by Gasteiger charge is 2.30. The van der Waals surface area contributed by atoms with Crippen LogP contribution in [0.25, 0.3) is 0 Å². The van der Waals surface area contributed by atoms with Crippen LogP contribution in [0.15, 0.2) is 0 Å². The Morgan fingerprint density at radius 2 is 1.80 bits per heavy atom. The molecule has 0 aromatic heterocycles. The SMILES string of the molecule is CC1CN(CC2CCCCC2C)CC1N. The van der Waals surface area contributed by atoms with Crippen LogP contribution in [-0.2, 0) is 0 Å². The van der Waals surface area contributed by atoms with E-state index >= 15 is 0 Å². The molecule has 4 unspecified atom stereocenters. The lowest BCUT2D eigenvalue weighted by atomic mass is 9.80. The zero-order valence-corrected chi connectivity index (χ0v) is 10.3. The van der Waals surface area contributed by atoms with E-state index in [1.165, 1.54) is 38.8 Å². The van der Waals surface area contributed by atoms with Gasteiger partial charge in [-0.3, -0.25) is 0 Å². The van der Waals surface area contributed by atoms with Gasteiger partial charge < -0.3 is 10.6 Å². The van der Waals surface area contributed by atoms with Gasteiger partial charge in [0.25, 0.3) is 0 Å². The van der Waals surface area contributed by atoms with E-state index in [1.807, 2.05) is 0 Å². The minimum atomic E-state index is 0.420. The molecule has 2 nitrogen and oxygen atoms in total. The van der Waals surface area contributed by atoms with Gasteiger partial charge in [-0.05, 0) is 24.2 Å². The fourth-order valence-electron chi connectivity index (χ4n) is 3.24. The third kappa shape index (κ3) is 2.73. The molecule has 1 heterocycles. The maximum Gasteiger partial charge on any atom is 0.0206 e. The molecule has 2 rings (SSSR count). The Hall–Kier alpha value is -0.0800. The summed E-state index contributed by atoms with van der Waals surface area (Å²) in [4.78, 5) is 2.60. The Labute approximate surface area is 94.2 Å². The molecule has 0 bridgehead atoms. The highest BCUT2D eigenvalue weighted by molar-refractivity contribution is 4.86. The third-order valence-electron chi connectivity index (χ3n) is 4.53. The summed E-state index contributed by atoms with van der Waals surface area (Å²) >= 11 is 0. The van der Waals surface area contributed by atoms with Crippen molar-refractivity contribution in [2.24, 2.45) is 23.5 Å². The van der Waals surface area contributed by atoms with E-state index in [2.05, 4.69) is 18.7 Å². The van der Waals surface area contributed by atoms with Crippen molar-refractivity contribution in [1.82, 2.24) is 4.90 Å². The zero-order chi connectivity index (χ0) is 10.8. The minimum absolute atomic E-state index is 0.420. The van der Waals surface area contributed by atoms with Crippen molar-refractivity contribution in [2.75, 3.05) is 19.6 Å². The van der Waals surface area contributed by atoms with Crippen LogP contribution in [0.2, 0.25) is 0 Å². The molecule has 1 aliphatic carbocycles. The number of hydrogen-bond donors (Lipinski definition) is 1. The van der Waals surface area contributed by atoms with E-state index in [9.17, 15) is 0 Å². The number of nitrogens with zero attached hydrogens (tertiary/aromatic N) is 1. The summed E-state index contributed by atoms with van der Waals surface area (Å²) in [5, 5.41) is 0. The average molecular weight is 210 g/mol. The van der Waals surface area contributed by atoms with E-state index < -0.39 is 0 Å². The van der Waals surface area contributed by atoms with E-state index in [0.717, 1.165) is 18.4 Å². The van der Waals surface area contributed by atoms with Crippen molar-refractivity contribution in [3.8, 4) is 0 Å². The molecule has 0 amide bonds. The smallest absolute Gasteiger partial charge is 0.0206 e. The Balaban J connectivity index is 1.81. The van der Waals surface area contributed by atoms with E-state index in [0.29, 0.717) is 12.0 Å². The van der Waals surface area contributed by atoms with Gasteiger partial charge in [-0.2, -0.15) is 0 Å². The van der Waals surface area contributed by atoms with Gasteiger partial charge >= 0.3 is 0 Å². The lowest BCUT2D eigenvalue weighted by Crippen LogP contribution is -2.34. The molecule has 0 spiro atoms. The first kappa shape index (κ1) is 11.4. The number of hydrogen-bond acceptors (Lipinski definition) is 2. The topological polar surface area (TPSA) is 29.3 Å². The predicted molar refractivity (Wildman–Crippen MR) is 64.7 cm³/mol. The molecule has 88 valence electrons. The molecular formula is C13H26N2. The Bertz CT molecular complexity index is 195. The monoisotopic (exact) mass is 210 g/mol. The van der Waals surface area contributed by atoms with Gasteiger partial charge in [0, 0.05) is 25.7 Å². The summed E-state index contributed by atoms with van der Waals surface area (Å²) in [5.41, 5.74) is 6.07. The van der Waals surface area contributed by atoms with Gasteiger partial charge in [-0.15, -0.1) is 0 Å². The van der Waals surface area contributed by atoms with Gasteiger partial charge in [0.15, 0.2) is 0 Å². The first-order chi connectivity index (χ1) is 7.16. The second-order valence-corrected chi connectivity index (χ2v) is 5.88. The third-order valence-corrected chi connectivity index (χ3v) is 4.53. The zero-order valence-electron chi connectivity index (χ0n) is 10.3. The molecule has 0 radical (unpaired) electrons. The molecule has 2 fully saturated rings. The summed E-state index contributed by atoms with van der Waals surface area (Å²) in [7, 11) is 0. The highest BCUT2D eigenvalue weighted by atomic mass is 15.2. The normalized spacial score (nSPS) is 43.4. The number of likely N-dealkylation sites (tertiary alicyclic amines) is 1. The first-order valence-electron chi connectivity index (χ1n) is 6.64. The molecule has 2 heteroatoms. The fraction of sp³-hybridized carbons (Fsp3) is 1.00. The standard InChI is InChI=1S/C13H26N2/c1-10-5-3-4-6-12(10)8-15-7-11(2)13(14)9-15/h10-13H,3-9,14H2,1-2H3. The largest absolute Gasteiger partial charge is 0.326 e. The van der Waals surface area contributed by atoms with Crippen LogP contribution in [0.3, 0.4) is 0 Å². The molecule has 4 atom stereocenters. The van der Waals surface area contributed by atoms with Crippen molar-refractivity contribution >= 4 is 0 Å². The average Bonchev–Trinajstić information content (AvgIpc) is 2.50. The van der Waals surface area contributed by atoms with Crippen molar-refractivity contribution < 1.29 is 0 Å². The van der Waals surface area contributed by atoms with Crippen LogP contribution >= 0.6 is 0 Å². The van der Waals surface area contributed by atoms with E-state index in [1.54, 1.807) is 0 Å². The van der Waals surface area contributed by atoms with Gasteiger partial charge in [0.05, 0.1) is 0 Å². The summed E-state index contributed by atoms with van der Waals surface area (Å²) in [6.45, 7) is 8.38. The minimum Gasteiger partial charge on any atom is -0.326 e. The van der Waals surface area contributed by atoms with E-state index in [4.69, 9.17) is 5.73 Å². The van der Waals surface area contributed by atoms with Crippen LogP contribution in [-0.4, -0.2) is 30.6 Å². The van der Waals surface area contributed by atoms with Gasteiger partial charge in [-0.25, -0.2) is 0 Å². The quantitative estimate of drug-likeness (QED) is 0.756. The lowest BCUT2D eigenvalue weighted by Gasteiger charge is -2.32. The number of rotatable bonds is 2. The second-order valence-electron chi connectivity index (χ2n) is 5.88. The summed E-state index contributed by atoms with van der Waals surface area (Å²) in [5.74, 6) is 2.58. The predicted octanol–water partition coefficient (Wildman–Crippen LogP) is 2.09. The highest BCUT2D eigenvalue weighted by Crippen LogP contribution is 2.31. The molecule has 2 N–H and O–H groups in total. The van der Waals surface area contributed by atoms with Crippen molar-refractivity contribution in [2.45, 2.75) is 45.6 Å². The van der Waals surface area contributed by atoms with Crippen LogP contribution in [0.4, 0.5) is 0 Å². The fourth-order valence-corrected chi connectivity index (χ4v) is 3.24. The van der Waals surface area contributed by atoms with Crippen molar-refractivity contribution in [3.63, 3.8) is 0 Å². The van der Waals surface area contributed by atoms with Gasteiger partial charge in [0.2, 0.25) is 0 Å². The van der Waals surface area contributed by atoms with E-state index in [-0.39, 0.29) is 0 Å². The molecule has 0 aromatic rings. The molecule has 0 aromatic carbocycles. The Morgan fingerprint density at radius 3 is 2.40 bits per heavy atom. The second kappa shape index (κ2) is 4.84. The molecule has 2 aliphatic rings. The summed E-state index contributed by atoms with van der Waals surface area (Å²) in [6.07, 6.45) is 5.79. The molecule has 1 saturated carbocycles. The van der Waals surface area contributed by atoms with Gasteiger partial charge in [-0.1, -0.05) is 33.1 Å². The Morgan fingerprint density at radius 1 is 1.07 bits per heavy atom. The maximum atomic E-state index is 6.07. The summed E-state index contributed by atoms with van der Waals surface area (Å²) < 4.78 is 0. The van der Waals surface area contributed by atoms with Crippen LogP contribution in [0.5, 0.6) is 0 Å². The van der Waals surface area contributed by atoms with Crippen LogP contribution < -0.4 is 5.73 Å². The van der Waals surface area contributed by atoms with Crippen molar-refractivity contribution in [3.05, 3.63) is 0 Å². The number of nitrogens with two attached hydrogens (primary N) is 1. The molecule has 1 aliphatic heterocycles. The summed E-state index contributed by atoms with van der Waals surface area (Å²) in [6, 6.07) is 0.420. The van der Waals surface area contributed by atoms with Crippen LogP contribution in [0, 0.1) is 17.8 Å². The molecule has 15 heavy (non-hydrogen) atoms. The molecule has 1 saturated heterocycles. The van der Waals surface area contributed by atoms with Crippen LogP contribution in [0.1, 0.15) is 39.5 Å². The Kier molecular flexibility index (Phi) is 3.68. The first-order valence-corrected chi connectivity index (χ1v) is 6.64. The van der Waals surface area contributed by atoms with Gasteiger partial charge in [0.1, 0.15) is 0 Å². The van der Waals surface area contributed by atoms with Crippen molar-refractivity contribution in [1.29, 1.82) is 0 Å². The maximum absolute atomic E-state index is 6.07. The lowest BCUT2D eigenvalue weighted by molar-refractivity contribution is 0.177.